The van der Waals surface area contributed by atoms with E-state index in [1.807, 2.05) is 6.26 Å². The first-order valence-corrected chi connectivity index (χ1v) is 3.24. The van der Waals surface area contributed by atoms with Crippen molar-refractivity contribution in [1.29, 1.82) is 0 Å². The van der Waals surface area contributed by atoms with Gasteiger partial charge in [-0.15, -0.1) is 0 Å². The Kier molecular flexibility index (Phi) is 3.83. The van der Waals surface area contributed by atoms with E-state index in [1.165, 1.54) is 11.6 Å². The van der Waals surface area contributed by atoms with Crippen LogP contribution in [0.5, 0.6) is 0 Å². The predicted molar refractivity (Wildman–Crippen MR) is 31.0 cm³/mol. The smallest absolute Gasteiger partial charge is 0.176 e. The van der Waals surface area contributed by atoms with Gasteiger partial charge in [0.25, 0.3) is 0 Å². The molecule has 0 spiro atoms. The zero-order chi connectivity index (χ0) is 4.28. The van der Waals surface area contributed by atoms with Gasteiger partial charge in [0.15, 0.2) is 0 Å². The minimum absolute atomic E-state index is 0.255. The van der Waals surface area contributed by atoms with Crippen LogP contribution in [0.3, 0.4) is 0 Å². The first-order valence-electron chi connectivity index (χ1n) is 1.08. The summed E-state index contributed by atoms with van der Waals surface area (Å²) in [4.78, 5) is -0.255. The summed E-state index contributed by atoms with van der Waals surface area (Å²) in [6, 6.07) is 0. The highest BCUT2D eigenvalue weighted by Crippen LogP contribution is 2.08. The summed E-state index contributed by atoms with van der Waals surface area (Å²) in [5, 5.41) is 0. The van der Waals surface area contributed by atoms with E-state index in [0.29, 0.717) is 0 Å². The van der Waals surface area contributed by atoms with Crippen molar-refractivity contribution in [2.45, 2.75) is 0 Å². The third-order valence-corrected chi connectivity index (χ3v) is 1.60. The number of rotatable bonds is 1. The highest BCUT2D eigenvalue weighted by Gasteiger charge is 1.97. The van der Waals surface area contributed by atoms with E-state index in [0.717, 1.165) is 0 Å². The van der Waals surface area contributed by atoms with Crippen LogP contribution < -0.4 is 0 Å². The zero-order valence-electron chi connectivity index (χ0n) is 2.74. The van der Waals surface area contributed by atoms with Gasteiger partial charge >= 0.3 is 4.82 Å². The first-order chi connectivity index (χ1) is 2.27. The van der Waals surface area contributed by atoms with Crippen LogP contribution in [0, 0.1) is 0 Å². The average molecular weight is 129 g/mol. The van der Waals surface area contributed by atoms with Crippen LogP contribution in [0.1, 0.15) is 0 Å². The summed E-state index contributed by atoms with van der Waals surface area (Å²) < 4.78 is 0. The summed E-state index contributed by atoms with van der Waals surface area (Å²) in [5.74, 6) is 0. The van der Waals surface area contributed by atoms with E-state index in [-0.39, 0.29) is 4.82 Å². The Morgan fingerprint density at radius 2 is 1.80 bits per heavy atom. The maximum absolute atomic E-state index is 5.19. The van der Waals surface area contributed by atoms with E-state index in [4.69, 9.17) is 22.9 Å². The van der Waals surface area contributed by atoms with E-state index in [9.17, 15) is 0 Å². The minimum atomic E-state index is -0.255. The van der Waals surface area contributed by atoms with Crippen LogP contribution >= 0.6 is 34.5 Å². The Hall–Kier alpha value is 0.995. The van der Waals surface area contributed by atoms with Gasteiger partial charge in [-0.1, -0.05) is 0 Å². The summed E-state index contributed by atoms with van der Waals surface area (Å²) in [6.07, 6.45) is 1.85. The van der Waals surface area contributed by atoms with Gasteiger partial charge in [-0.05, 0) is 6.26 Å². The molecular formula is CH3BCl2S. The molecule has 0 rings (SSSR count). The topological polar surface area (TPSA) is 0 Å². The zero-order valence-corrected chi connectivity index (χ0v) is 5.07. The molecule has 0 aliphatic heterocycles. The molecular weight excluding hydrogens is 126 g/mol. The second-order valence-corrected chi connectivity index (χ2v) is 3.05. The van der Waals surface area contributed by atoms with Crippen LogP contribution in [0.15, 0.2) is 0 Å². The van der Waals surface area contributed by atoms with Crippen LogP contribution in [-0.2, 0) is 0 Å². The highest BCUT2D eigenvalue weighted by molar-refractivity contribution is 8.33. The second kappa shape index (κ2) is 3.20. The summed E-state index contributed by atoms with van der Waals surface area (Å²) in [6.45, 7) is 0. The predicted octanol–water partition coefficient (Wildman–Crippen LogP) is 1.81. The average Bonchev–Trinajstić information content (AvgIpc) is 1.38. The second-order valence-electron chi connectivity index (χ2n) is 0.496. The Morgan fingerprint density at radius 1 is 1.60 bits per heavy atom. The van der Waals surface area contributed by atoms with Gasteiger partial charge in [-0.3, -0.25) is 0 Å². The fourth-order valence-corrected chi connectivity index (χ4v) is 0. The third kappa shape index (κ3) is 4.99. The Bertz CT molecular complexity index is 23.6. The Labute approximate surface area is 46.0 Å². The van der Waals surface area contributed by atoms with Gasteiger partial charge in [0.05, 0.1) is 0 Å². The number of hydrogen-bond acceptors (Lipinski definition) is 1. The molecule has 0 saturated carbocycles. The molecule has 4 heteroatoms. The standard InChI is InChI=1S/CH3BCl2S/c1-5-2(3)4/h1H3. The Morgan fingerprint density at radius 3 is 1.80 bits per heavy atom. The Balaban J connectivity index is 2.54. The van der Waals surface area contributed by atoms with Crippen molar-refractivity contribution in [1.82, 2.24) is 0 Å². The molecule has 0 bridgehead atoms. The molecule has 0 unspecified atom stereocenters. The largest absolute Gasteiger partial charge is 0.413 e. The van der Waals surface area contributed by atoms with Crippen molar-refractivity contribution >= 4 is 39.4 Å². The lowest BCUT2D eigenvalue weighted by Gasteiger charge is -1.78. The van der Waals surface area contributed by atoms with E-state index in [1.54, 1.807) is 0 Å². The SMILES string of the molecule is CSB(Cl)Cl. The summed E-state index contributed by atoms with van der Waals surface area (Å²) in [5.41, 5.74) is 0. The molecule has 0 amide bonds. The van der Waals surface area contributed by atoms with Crippen molar-refractivity contribution < 1.29 is 0 Å². The molecule has 0 atom stereocenters. The summed E-state index contributed by atoms with van der Waals surface area (Å²) in [7, 11) is 0. The van der Waals surface area contributed by atoms with Gasteiger partial charge in [-0.25, -0.2) is 0 Å². The van der Waals surface area contributed by atoms with Gasteiger partial charge in [0.1, 0.15) is 0 Å². The fourth-order valence-electron chi connectivity index (χ4n) is 0. The van der Waals surface area contributed by atoms with E-state index < -0.39 is 0 Å². The highest BCUT2D eigenvalue weighted by atomic mass is 35.5. The van der Waals surface area contributed by atoms with Gasteiger partial charge in [0.2, 0.25) is 0 Å². The van der Waals surface area contributed by atoms with Crippen molar-refractivity contribution in [3.05, 3.63) is 0 Å². The molecule has 0 fully saturated rings. The van der Waals surface area contributed by atoms with Crippen molar-refractivity contribution in [2.75, 3.05) is 6.26 Å². The van der Waals surface area contributed by atoms with Gasteiger partial charge < -0.3 is 0 Å². The van der Waals surface area contributed by atoms with E-state index in [2.05, 4.69) is 0 Å². The van der Waals surface area contributed by atoms with Gasteiger partial charge in [-0.2, -0.15) is 34.5 Å². The lowest BCUT2D eigenvalue weighted by atomic mass is 10.7. The molecule has 0 aromatic carbocycles. The minimum Gasteiger partial charge on any atom is -0.176 e. The molecule has 0 aliphatic carbocycles. The van der Waals surface area contributed by atoms with Crippen LogP contribution in [-0.4, -0.2) is 11.1 Å². The molecule has 0 aromatic heterocycles. The van der Waals surface area contributed by atoms with E-state index >= 15 is 0 Å². The van der Waals surface area contributed by atoms with Crippen molar-refractivity contribution in [3.63, 3.8) is 0 Å². The monoisotopic (exact) mass is 128 g/mol. The maximum Gasteiger partial charge on any atom is 0.413 e. The van der Waals surface area contributed by atoms with Gasteiger partial charge in [0, 0.05) is 0 Å². The molecule has 0 nitrogen and oxygen atoms in total. The third-order valence-electron chi connectivity index (χ3n) is 0.178. The lowest BCUT2D eigenvalue weighted by molar-refractivity contribution is 2.54. The lowest BCUT2D eigenvalue weighted by Crippen LogP contribution is -1.76. The van der Waals surface area contributed by atoms with Crippen LogP contribution in [0.2, 0.25) is 0 Å². The quantitative estimate of drug-likeness (QED) is 0.486. The van der Waals surface area contributed by atoms with Crippen molar-refractivity contribution in [3.8, 4) is 0 Å². The number of halogens is 2. The molecule has 0 radical (unpaired) electrons. The molecule has 0 heterocycles. The molecule has 0 aliphatic rings. The van der Waals surface area contributed by atoms with Crippen molar-refractivity contribution in [2.24, 2.45) is 0 Å². The molecule has 0 N–H and O–H groups in total. The number of hydrogen-bond donors (Lipinski definition) is 0. The summed E-state index contributed by atoms with van der Waals surface area (Å²) >= 11 is 11.8. The van der Waals surface area contributed by atoms with Crippen LogP contribution in [0.4, 0.5) is 0 Å². The molecule has 5 heavy (non-hydrogen) atoms. The maximum atomic E-state index is 5.19. The molecule has 0 saturated heterocycles. The fraction of sp³-hybridized carbons (Fsp3) is 1.00. The molecule has 30 valence electrons. The first kappa shape index (κ1) is 5.99. The molecule has 0 aromatic rings. The normalized spacial score (nSPS) is 7.80. The van der Waals surface area contributed by atoms with Crippen LogP contribution in [0.25, 0.3) is 0 Å².